The van der Waals surface area contributed by atoms with Gasteiger partial charge in [-0.05, 0) is 64.3 Å². The van der Waals surface area contributed by atoms with Crippen LogP contribution in [-0.2, 0) is 6.54 Å². The van der Waals surface area contributed by atoms with Gasteiger partial charge < -0.3 is 5.32 Å². The summed E-state index contributed by atoms with van der Waals surface area (Å²) >= 11 is 3.47. The third-order valence-corrected chi connectivity index (χ3v) is 3.44. The van der Waals surface area contributed by atoms with Crippen LogP contribution in [0, 0.1) is 24.1 Å². The van der Waals surface area contributed by atoms with Gasteiger partial charge in [-0.1, -0.05) is 6.07 Å². The number of hydrogen-bond donors (Lipinski definition) is 1. The lowest BCUT2D eigenvalue weighted by molar-refractivity contribution is 0.625. The van der Waals surface area contributed by atoms with Crippen molar-refractivity contribution in [2.24, 2.45) is 0 Å². The summed E-state index contributed by atoms with van der Waals surface area (Å²) in [7, 11) is 0. The molecule has 96 valence electrons. The van der Waals surface area contributed by atoms with Crippen LogP contribution in [-0.4, -0.2) is 0 Å². The molecule has 0 atom stereocenters. The van der Waals surface area contributed by atoms with Crippen LogP contribution in [0.25, 0.3) is 0 Å². The molecule has 0 aliphatic heterocycles. The molecule has 0 aliphatic rings. The van der Waals surface area contributed by atoms with Gasteiger partial charge in [0.15, 0.2) is 0 Å². The van der Waals surface area contributed by atoms with E-state index in [0.29, 0.717) is 17.7 Å². The van der Waals surface area contributed by atoms with E-state index in [-0.39, 0.29) is 5.82 Å². The Morgan fingerprint density at radius 3 is 2.74 bits per heavy atom. The molecule has 2 nitrogen and oxygen atoms in total. The lowest BCUT2D eigenvalue weighted by atomic mass is 10.1. The lowest BCUT2D eigenvalue weighted by Crippen LogP contribution is -2.03. The molecular weight excluding hydrogens is 307 g/mol. The summed E-state index contributed by atoms with van der Waals surface area (Å²) in [6, 6.07) is 12.2. The highest BCUT2D eigenvalue weighted by Crippen LogP contribution is 2.24. The first-order chi connectivity index (χ1) is 9.10. The van der Waals surface area contributed by atoms with Crippen molar-refractivity contribution in [3.05, 3.63) is 63.4 Å². The van der Waals surface area contributed by atoms with Crippen molar-refractivity contribution in [2.45, 2.75) is 13.5 Å². The van der Waals surface area contributed by atoms with Gasteiger partial charge in [-0.25, -0.2) is 4.39 Å². The summed E-state index contributed by atoms with van der Waals surface area (Å²) in [4.78, 5) is 0. The molecule has 19 heavy (non-hydrogen) atoms. The van der Waals surface area contributed by atoms with E-state index in [1.54, 1.807) is 0 Å². The minimum Gasteiger partial charge on any atom is -0.380 e. The van der Waals surface area contributed by atoms with E-state index in [1.165, 1.54) is 18.2 Å². The Bertz CT molecular complexity index is 647. The van der Waals surface area contributed by atoms with Crippen LogP contribution in [0.4, 0.5) is 10.1 Å². The third kappa shape index (κ3) is 3.33. The zero-order valence-electron chi connectivity index (χ0n) is 10.4. The molecule has 0 aromatic heterocycles. The molecule has 0 amide bonds. The first-order valence-electron chi connectivity index (χ1n) is 5.78. The van der Waals surface area contributed by atoms with E-state index >= 15 is 0 Å². The summed E-state index contributed by atoms with van der Waals surface area (Å²) < 4.78 is 14.1. The number of halogens is 2. The molecule has 0 heterocycles. The number of benzene rings is 2. The predicted octanol–water partition coefficient (Wildman–Crippen LogP) is 4.38. The molecule has 2 aromatic rings. The molecule has 0 spiro atoms. The maximum atomic E-state index is 13.2. The first kappa shape index (κ1) is 13.6. The molecule has 0 aliphatic carbocycles. The number of aryl methyl sites for hydroxylation is 1. The summed E-state index contributed by atoms with van der Waals surface area (Å²) in [6.45, 7) is 2.41. The lowest BCUT2D eigenvalue weighted by Gasteiger charge is -2.10. The quantitative estimate of drug-likeness (QED) is 0.911. The normalized spacial score (nSPS) is 10.0. The van der Waals surface area contributed by atoms with E-state index in [0.717, 1.165) is 15.7 Å². The van der Waals surface area contributed by atoms with Crippen molar-refractivity contribution in [3.8, 4) is 6.07 Å². The van der Waals surface area contributed by atoms with Gasteiger partial charge in [0.2, 0.25) is 0 Å². The van der Waals surface area contributed by atoms with E-state index in [4.69, 9.17) is 5.26 Å². The van der Waals surface area contributed by atoms with Crippen LogP contribution in [0.15, 0.2) is 40.9 Å². The Balaban J connectivity index is 2.19. The van der Waals surface area contributed by atoms with Crippen LogP contribution in [0.1, 0.15) is 16.7 Å². The second kappa shape index (κ2) is 5.85. The van der Waals surface area contributed by atoms with Gasteiger partial charge >= 0.3 is 0 Å². The molecule has 0 saturated heterocycles. The SMILES string of the molecule is Cc1ccc(NCc2cc(F)ccc2C#N)c(Br)c1. The van der Waals surface area contributed by atoms with Crippen molar-refractivity contribution < 1.29 is 4.39 Å². The number of rotatable bonds is 3. The fourth-order valence-electron chi connectivity index (χ4n) is 1.77. The van der Waals surface area contributed by atoms with Gasteiger partial charge in [0, 0.05) is 16.7 Å². The molecule has 2 rings (SSSR count). The summed E-state index contributed by atoms with van der Waals surface area (Å²) in [5, 5.41) is 12.2. The topological polar surface area (TPSA) is 35.8 Å². The molecule has 0 fully saturated rings. The fourth-order valence-corrected chi connectivity index (χ4v) is 2.41. The Morgan fingerprint density at radius 2 is 2.05 bits per heavy atom. The molecule has 4 heteroatoms. The van der Waals surface area contributed by atoms with Crippen molar-refractivity contribution in [1.82, 2.24) is 0 Å². The molecule has 2 aromatic carbocycles. The van der Waals surface area contributed by atoms with Crippen LogP contribution >= 0.6 is 15.9 Å². The highest BCUT2D eigenvalue weighted by molar-refractivity contribution is 9.10. The standard InChI is InChI=1S/C15H12BrFN2/c1-10-2-5-15(14(16)6-10)19-9-12-7-13(17)4-3-11(12)8-18/h2-7,19H,9H2,1H3. The van der Waals surface area contributed by atoms with Crippen LogP contribution in [0.2, 0.25) is 0 Å². The second-order valence-electron chi connectivity index (χ2n) is 4.25. The van der Waals surface area contributed by atoms with E-state index in [9.17, 15) is 4.39 Å². The number of hydrogen-bond acceptors (Lipinski definition) is 2. The van der Waals surface area contributed by atoms with Gasteiger partial charge in [0.05, 0.1) is 11.6 Å². The van der Waals surface area contributed by atoms with Crippen molar-refractivity contribution in [3.63, 3.8) is 0 Å². The van der Waals surface area contributed by atoms with Gasteiger partial charge in [-0.3, -0.25) is 0 Å². The molecule has 0 bridgehead atoms. The molecule has 0 saturated carbocycles. The number of nitrogens with zero attached hydrogens (tertiary/aromatic N) is 1. The van der Waals surface area contributed by atoms with Crippen LogP contribution in [0.5, 0.6) is 0 Å². The monoisotopic (exact) mass is 318 g/mol. The summed E-state index contributed by atoms with van der Waals surface area (Å²) in [5.41, 5.74) is 3.20. The minimum absolute atomic E-state index is 0.334. The minimum atomic E-state index is -0.334. The molecular formula is C15H12BrFN2. The second-order valence-corrected chi connectivity index (χ2v) is 5.10. The van der Waals surface area contributed by atoms with Crippen molar-refractivity contribution in [1.29, 1.82) is 5.26 Å². The van der Waals surface area contributed by atoms with E-state index < -0.39 is 0 Å². The first-order valence-corrected chi connectivity index (χ1v) is 6.58. The fraction of sp³-hybridized carbons (Fsp3) is 0.133. The highest BCUT2D eigenvalue weighted by atomic mass is 79.9. The Morgan fingerprint density at radius 1 is 1.26 bits per heavy atom. The van der Waals surface area contributed by atoms with Gasteiger partial charge in [-0.15, -0.1) is 0 Å². The molecule has 0 radical (unpaired) electrons. The maximum absolute atomic E-state index is 13.2. The Labute approximate surface area is 120 Å². The van der Waals surface area contributed by atoms with Gasteiger partial charge in [0.1, 0.15) is 5.82 Å². The van der Waals surface area contributed by atoms with Crippen LogP contribution < -0.4 is 5.32 Å². The largest absolute Gasteiger partial charge is 0.380 e. The zero-order chi connectivity index (χ0) is 13.8. The number of nitriles is 1. The van der Waals surface area contributed by atoms with Gasteiger partial charge in [0.25, 0.3) is 0 Å². The van der Waals surface area contributed by atoms with Gasteiger partial charge in [-0.2, -0.15) is 5.26 Å². The molecule has 0 unspecified atom stereocenters. The average molecular weight is 319 g/mol. The third-order valence-electron chi connectivity index (χ3n) is 2.78. The van der Waals surface area contributed by atoms with Crippen molar-refractivity contribution >= 4 is 21.6 Å². The summed E-state index contributed by atoms with van der Waals surface area (Å²) in [6.07, 6.45) is 0. The number of anilines is 1. The Hall–Kier alpha value is -1.86. The maximum Gasteiger partial charge on any atom is 0.123 e. The molecule has 1 N–H and O–H groups in total. The average Bonchev–Trinajstić information content (AvgIpc) is 2.38. The summed E-state index contributed by atoms with van der Waals surface area (Å²) in [5.74, 6) is -0.334. The smallest absolute Gasteiger partial charge is 0.123 e. The zero-order valence-corrected chi connectivity index (χ0v) is 12.0. The predicted molar refractivity (Wildman–Crippen MR) is 77.3 cm³/mol. The van der Waals surface area contributed by atoms with Crippen molar-refractivity contribution in [2.75, 3.05) is 5.32 Å². The van der Waals surface area contributed by atoms with E-state index in [1.807, 2.05) is 25.1 Å². The number of nitrogens with one attached hydrogen (secondary N) is 1. The van der Waals surface area contributed by atoms with E-state index in [2.05, 4.69) is 27.3 Å². The Kier molecular flexibility index (Phi) is 4.18. The van der Waals surface area contributed by atoms with Crippen LogP contribution in [0.3, 0.4) is 0 Å². The highest BCUT2D eigenvalue weighted by Gasteiger charge is 2.05.